The minimum absolute atomic E-state index is 0.138. The maximum absolute atomic E-state index is 9.30. The van der Waals surface area contributed by atoms with Crippen molar-refractivity contribution >= 4 is 11.4 Å². The summed E-state index contributed by atoms with van der Waals surface area (Å²) >= 11 is 0. The van der Waals surface area contributed by atoms with Gasteiger partial charge in [0.25, 0.3) is 0 Å². The van der Waals surface area contributed by atoms with Crippen molar-refractivity contribution in [1.82, 2.24) is 0 Å². The molecule has 13 heavy (non-hydrogen) atoms. The summed E-state index contributed by atoms with van der Waals surface area (Å²) in [5, 5.41) is 23.4. The number of hydrogen-bond donors (Lipinski definition) is 3. The summed E-state index contributed by atoms with van der Waals surface area (Å²) in [5.74, 6) is -0.138. The molecular formula is C9H7N3O. The molecule has 1 aliphatic rings. The monoisotopic (exact) mass is 173 g/mol. The van der Waals surface area contributed by atoms with Gasteiger partial charge < -0.3 is 15.7 Å². The molecule has 0 aliphatic carbocycles. The third-order valence-corrected chi connectivity index (χ3v) is 1.79. The van der Waals surface area contributed by atoms with Crippen molar-refractivity contribution in [1.29, 1.82) is 5.26 Å². The lowest BCUT2D eigenvalue weighted by molar-refractivity contribution is 0.414. The fourth-order valence-electron chi connectivity index (χ4n) is 1.17. The molecule has 0 saturated heterocycles. The molecule has 0 unspecified atom stereocenters. The molecule has 0 saturated carbocycles. The Labute approximate surface area is 75.1 Å². The second-order valence-corrected chi connectivity index (χ2v) is 2.63. The fraction of sp³-hybridized carbons (Fsp3) is 0. The van der Waals surface area contributed by atoms with E-state index in [9.17, 15) is 5.11 Å². The molecule has 3 N–H and O–H groups in total. The van der Waals surface area contributed by atoms with Gasteiger partial charge >= 0.3 is 0 Å². The van der Waals surface area contributed by atoms with Crippen molar-refractivity contribution in [3.63, 3.8) is 0 Å². The van der Waals surface area contributed by atoms with E-state index in [-0.39, 0.29) is 11.6 Å². The smallest absolute Gasteiger partial charge is 0.224 e. The van der Waals surface area contributed by atoms with Gasteiger partial charge in [-0.15, -0.1) is 0 Å². The van der Waals surface area contributed by atoms with Gasteiger partial charge in [0.15, 0.2) is 5.70 Å². The van der Waals surface area contributed by atoms with Gasteiger partial charge in [-0.05, 0) is 12.1 Å². The Kier molecular flexibility index (Phi) is 1.57. The van der Waals surface area contributed by atoms with Gasteiger partial charge in [-0.2, -0.15) is 5.26 Å². The number of anilines is 2. The molecule has 0 bridgehead atoms. The summed E-state index contributed by atoms with van der Waals surface area (Å²) in [6, 6.07) is 9.19. The molecule has 0 amide bonds. The molecular weight excluding hydrogens is 166 g/mol. The minimum atomic E-state index is -0.138. The van der Waals surface area contributed by atoms with Crippen LogP contribution in [0.5, 0.6) is 0 Å². The molecule has 0 aromatic heterocycles. The van der Waals surface area contributed by atoms with Crippen LogP contribution in [0, 0.1) is 11.3 Å². The van der Waals surface area contributed by atoms with Crippen LogP contribution in [0.15, 0.2) is 35.8 Å². The maximum atomic E-state index is 9.30. The lowest BCUT2D eigenvalue weighted by atomic mass is 10.2. The van der Waals surface area contributed by atoms with Crippen LogP contribution in [-0.2, 0) is 0 Å². The average Bonchev–Trinajstić information content (AvgIpc) is 2.17. The lowest BCUT2D eigenvalue weighted by Crippen LogP contribution is -2.15. The van der Waals surface area contributed by atoms with Gasteiger partial charge in [-0.1, -0.05) is 12.1 Å². The number of fused-ring (bicyclic) bond motifs is 1. The van der Waals surface area contributed by atoms with Crippen LogP contribution in [0.4, 0.5) is 11.4 Å². The molecule has 0 atom stereocenters. The number of nitrogens with zero attached hydrogens (tertiary/aromatic N) is 1. The number of benzene rings is 1. The molecule has 1 heterocycles. The highest BCUT2D eigenvalue weighted by Gasteiger charge is 2.14. The summed E-state index contributed by atoms with van der Waals surface area (Å²) in [5.41, 5.74) is 1.69. The number of nitriles is 1. The molecule has 2 rings (SSSR count). The normalized spacial score (nSPS) is 13.8. The first kappa shape index (κ1) is 7.50. The summed E-state index contributed by atoms with van der Waals surface area (Å²) in [6.07, 6.45) is 0. The molecule has 4 nitrogen and oxygen atoms in total. The first-order valence-electron chi connectivity index (χ1n) is 3.77. The second-order valence-electron chi connectivity index (χ2n) is 2.63. The van der Waals surface area contributed by atoms with Crippen LogP contribution in [0.2, 0.25) is 0 Å². The number of aliphatic hydroxyl groups is 1. The summed E-state index contributed by atoms with van der Waals surface area (Å²) < 4.78 is 0. The zero-order valence-electron chi connectivity index (χ0n) is 6.70. The number of rotatable bonds is 0. The highest BCUT2D eigenvalue weighted by atomic mass is 16.3. The van der Waals surface area contributed by atoms with E-state index in [0.29, 0.717) is 0 Å². The fourth-order valence-corrected chi connectivity index (χ4v) is 1.17. The van der Waals surface area contributed by atoms with Crippen LogP contribution in [0.25, 0.3) is 0 Å². The predicted molar refractivity (Wildman–Crippen MR) is 49.0 cm³/mol. The van der Waals surface area contributed by atoms with E-state index in [4.69, 9.17) is 5.26 Å². The van der Waals surface area contributed by atoms with Gasteiger partial charge in [-0.25, -0.2) is 0 Å². The SMILES string of the molecule is N#CC1=C(O)Nc2ccccc2N1. The molecule has 1 aromatic rings. The van der Waals surface area contributed by atoms with E-state index >= 15 is 0 Å². The number of allylic oxidation sites excluding steroid dienone is 1. The van der Waals surface area contributed by atoms with E-state index in [1.807, 2.05) is 30.3 Å². The Morgan fingerprint density at radius 3 is 2.38 bits per heavy atom. The van der Waals surface area contributed by atoms with E-state index in [1.165, 1.54) is 0 Å². The van der Waals surface area contributed by atoms with Gasteiger partial charge in [-0.3, -0.25) is 0 Å². The Balaban J connectivity index is 2.44. The maximum Gasteiger partial charge on any atom is 0.224 e. The van der Waals surface area contributed by atoms with Gasteiger partial charge in [0.2, 0.25) is 5.88 Å². The van der Waals surface area contributed by atoms with Crippen molar-refractivity contribution < 1.29 is 5.11 Å². The van der Waals surface area contributed by atoms with Crippen molar-refractivity contribution in [2.24, 2.45) is 0 Å². The Morgan fingerprint density at radius 1 is 1.15 bits per heavy atom. The van der Waals surface area contributed by atoms with Crippen molar-refractivity contribution in [2.75, 3.05) is 10.6 Å². The Bertz CT molecular complexity index is 417. The highest BCUT2D eigenvalue weighted by Crippen LogP contribution is 2.27. The van der Waals surface area contributed by atoms with E-state index in [0.717, 1.165) is 11.4 Å². The standard InChI is InChI=1S/C9H7N3O/c10-5-8-9(13)12-7-4-2-1-3-6(7)11-8/h1-4,11-13H. The van der Waals surface area contributed by atoms with Crippen LogP contribution in [-0.4, -0.2) is 5.11 Å². The van der Waals surface area contributed by atoms with Crippen LogP contribution < -0.4 is 10.6 Å². The third-order valence-electron chi connectivity index (χ3n) is 1.79. The largest absolute Gasteiger partial charge is 0.493 e. The molecule has 0 radical (unpaired) electrons. The van der Waals surface area contributed by atoms with Gasteiger partial charge in [0, 0.05) is 0 Å². The topological polar surface area (TPSA) is 68.1 Å². The Morgan fingerprint density at radius 2 is 1.77 bits per heavy atom. The van der Waals surface area contributed by atoms with Crippen LogP contribution >= 0.6 is 0 Å². The van der Waals surface area contributed by atoms with Crippen LogP contribution in [0.3, 0.4) is 0 Å². The van der Waals surface area contributed by atoms with Crippen molar-refractivity contribution in [3.8, 4) is 6.07 Å². The number of nitrogens with one attached hydrogen (secondary N) is 2. The molecule has 4 heteroatoms. The van der Waals surface area contributed by atoms with E-state index in [2.05, 4.69) is 10.6 Å². The average molecular weight is 173 g/mol. The summed E-state index contributed by atoms with van der Waals surface area (Å²) in [7, 11) is 0. The highest BCUT2D eigenvalue weighted by molar-refractivity contribution is 5.76. The lowest BCUT2D eigenvalue weighted by Gasteiger charge is -2.18. The van der Waals surface area contributed by atoms with Crippen molar-refractivity contribution in [3.05, 3.63) is 35.8 Å². The minimum Gasteiger partial charge on any atom is -0.493 e. The Hall–Kier alpha value is -2.15. The van der Waals surface area contributed by atoms with E-state index in [1.54, 1.807) is 0 Å². The predicted octanol–water partition coefficient (Wildman–Crippen LogP) is 1.77. The quantitative estimate of drug-likeness (QED) is 0.559. The number of hydrogen-bond acceptors (Lipinski definition) is 4. The summed E-state index contributed by atoms with van der Waals surface area (Å²) in [6.45, 7) is 0. The third kappa shape index (κ3) is 1.16. The second kappa shape index (κ2) is 2.72. The summed E-state index contributed by atoms with van der Waals surface area (Å²) in [4.78, 5) is 0. The molecule has 0 spiro atoms. The van der Waals surface area contributed by atoms with Crippen LogP contribution in [0.1, 0.15) is 0 Å². The van der Waals surface area contributed by atoms with E-state index < -0.39 is 0 Å². The zero-order chi connectivity index (χ0) is 9.26. The number of aliphatic hydroxyl groups excluding tert-OH is 1. The molecule has 1 aliphatic heterocycles. The molecule has 64 valence electrons. The zero-order valence-corrected chi connectivity index (χ0v) is 6.70. The molecule has 1 aromatic carbocycles. The molecule has 0 fully saturated rings. The first-order valence-corrected chi connectivity index (χ1v) is 3.77. The first-order chi connectivity index (χ1) is 6.31. The van der Waals surface area contributed by atoms with Crippen molar-refractivity contribution in [2.45, 2.75) is 0 Å². The van der Waals surface area contributed by atoms with Gasteiger partial charge in [0.1, 0.15) is 6.07 Å². The van der Waals surface area contributed by atoms with Gasteiger partial charge in [0.05, 0.1) is 11.4 Å². The number of para-hydroxylation sites is 2.